The number of amides is 2. The Morgan fingerprint density at radius 1 is 1.11 bits per heavy atom. The van der Waals surface area contributed by atoms with Crippen LogP contribution >= 0.6 is 23.4 Å². The number of thioether (sulfide) groups is 1. The SMILES string of the molecule is C=CCOc1ccc(/C=C2\SC(=O)N(CC(=O)c3ccc(Cl)cc3)C2=O)cc1. The summed E-state index contributed by atoms with van der Waals surface area (Å²) in [7, 11) is 0. The first kappa shape index (κ1) is 19.9. The number of ether oxygens (including phenoxy) is 1. The monoisotopic (exact) mass is 413 g/mol. The number of benzene rings is 2. The number of halogens is 1. The molecule has 0 unspecified atom stereocenters. The second kappa shape index (κ2) is 8.91. The molecule has 1 heterocycles. The van der Waals surface area contributed by atoms with Crippen molar-refractivity contribution in [3.8, 4) is 5.75 Å². The Labute approximate surface area is 171 Å². The molecule has 2 amide bonds. The van der Waals surface area contributed by atoms with Crippen LogP contribution in [0.15, 0.2) is 66.1 Å². The molecule has 0 bridgehead atoms. The van der Waals surface area contributed by atoms with Crippen molar-refractivity contribution in [2.75, 3.05) is 13.2 Å². The van der Waals surface area contributed by atoms with Crippen molar-refractivity contribution < 1.29 is 19.1 Å². The van der Waals surface area contributed by atoms with E-state index < -0.39 is 11.1 Å². The van der Waals surface area contributed by atoms with Gasteiger partial charge in [0.2, 0.25) is 0 Å². The van der Waals surface area contributed by atoms with Crippen molar-refractivity contribution in [3.63, 3.8) is 0 Å². The first-order valence-electron chi connectivity index (χ1n) is 8.36. The Bertz CT molecular complexity index is 951. The fourth-order valence-electron chi connectivity index (χ4n) is 2.47. The lowest BCUT2D eigenvalue weighted by atomic mass is 10.1. The largest absolute Gasteiger partial charge is 0.490 e. The fraction of sp³-hybridized carbons (Fsp3) is 0.0952. The zero-order valence-electron chi connectivity index (χ0n) is 14.8. The average Bonchev–Trinajstić information content (AvgIpc) is 2.95. The quantitative estimate of drug-likeness (QED) is 0.370. The molecule has 0 N–H and O–H groups in total. The molecule has 7 heteroatoms. The van der Waals surface area contributed by atoms with E-state index >= 15 is 0 Å². The summed E-state index contributed by atoms with van der Waals surface area (Å²) in [5.41, 5.74) is 1.14. The van der Waals surface area contributed by atoms with Gasteiger partial charge in [-0.15, -0.1) is 0 Å². The van der Waals surface area contributed by atoms with E-state index in [1.165, 1.54) is 0 Å². The predicted molar refractivity (Wildman–Crippen MR) is 111 cm³/mol. The number of carbonyl (C=O) groups excluding carboxylic acids is 3. The number of nitrogens with zero attached hydrogens (tertiary/aromatic N) is 1. The highest BCUT2D eigenvalue weighted by Crippen LogP contribution is 2.32. The predicted octanol–water partition coefficient (Wildman–Crippen LogP) is 4.82. The highest BCUT2D eigenvalue weighted by molar-refractivity contribution is 8.18. The molecule has 142 valence electrons. The number of ketones is 1. The van der Waals surface area contributed by atoms with Gasteiger partial charge in [0.25, 0.3) is 11.1 Å². The second-order valence-corrected chi connectivity index (χ2v) is 7.30. The van der Waals surface area contributed by atoms with E-state index in [1.807, 2.05) is 0 Å². The first-order valence-corrected chi connectivity index (χ1v) is 9.55. The minimum absolute atomic E-state index is 0.272. The van der Waals surface area contributed by atoms with Gasteiger partial charge in [-0.05, 0) is 59.8 Å². The Balaban J connectivity index is 1.70. The zero-order chi connectivity index (χ0) is 20.1. The Hall–Kier alpha value is -2.83. The number of imide groups is 1. The van der Waals surface area contributed by atoms with Crippen LogP contribution < -0.4 is 4.74 Å². The molecule has 0 aromatic heterocycles. The lowest BCUT2D eigenvalue weighted by Gasteiger charge is -2.11. The molecular formula is C21H16ClNO4S. The number of hydrogen-bond acceptors (Lipinski definition) is 5. The normalized spacial score (nSPS) is 15.2. The van der Waals surface area contributed by atoms with Crippen LogP contribution in [-0.4, -0.2) is 35.0 Å². The van der Waals surface area contributed by atoms with E-state index in [1.54, 1.807) is 60.7 Å². The molecule has 3 rings (SSSR count). The molecule has 1 fully saturated rings. The number of Topliss-reactive ketones (excluding diaryl/α,β-unsaturated/α-hetero) is 1. The molecule has 2 aromatic rings. The van der Waals surface area contributed by atoms with Gasteiger partial charge in [-0.1, -0.05) is 36.4 Å². The minimum atomic E-state index is -0.482. The molecule has 28 heavy (non-hydrogen) atoms. The molecule has 1 aliphatic rings. The number of hydrogen-bond donors (Lipinski definition) is 0. The smallest absolute Gasteiger partial charge is 0.293 e. The molecule has 0 spiro atoms. The van der Waals surface area contributed by atoms with Gasteiger partial charge in [0, 0.05) is 10.6 Å². The molecule has 5 nitrogen and oxygen atoms in total. The summed E-state index contributed by atoms with van der Waals surface area (Å²) in [6, 6.07) is 13.4. The Morgan fingerprint density at radius 3 is 2.43 bits per heavy atom. The summed E-state index contributed by atoms with van der Waals surface area (Å²) in [4.78, 5) is 38.3. The van der Waals surface area contributed by atoms with Crippen molar-refractivity contribution in [3.05, 3.63) is 82.2 Å². The topological polar surface area (TPSA) is 63.7 Å². The van der Waals surface area contributed by atoms with Gasteiger partial charge in [0.15, 0.2) is 5.78 Å². The van der Waals surface area contributed by atoms with E-state index in [0.29, 0.717) is 22.9 Å². The summed E-state index contributed by atoms with van der Waals surface area (Å²) in [5.74, 6) is -0.132. The Kier molecular flexibility index (Phi) is 6.34. The lowest BCUT2D eigenvalue weighted by Crippen LogP contribution is -2.33. The maximum atomic E-state index is 12.6. The van der Waals surface area contributed by atoms with E-state index in [9.17, 15) is 14.4 Å². The summed E-state index contributed by atoms with van der Waals surface area (Å²) in [5, 5.41) is 0.0380. The third-order valence-electron chi connectivity index (χ3n) is 3.89. The molecule has 0 aliphatic carbocycles. The lowest BCUT2D eigenvalue weighted by molar-refractivity contribution is -0.122. The first-order chi connectivity index (χ1) is 13.5. The molecular weight excluding hydrogens is 398 g/mol. The highest BCUT2D eigenvalue weighted by atomic mass is 35.5. The number of rotatable bonds is 7. The molecule has 1 saturated heterocycles. The van der Waals surface area contributed by atoms with Crippen LogP contribution in [0.5, 0.6) is 5.75 Å². The van der Waals surface area contributed by atoms with Gasteiger partial charge in [0.1, 0.15) is 12.4 Å². The molecule has 0 saturated carbocycles. The summed E-state index contributed by atoms with van der Waals surface area (Å²) < 4.78 is 5.41. The maximum Gasteiger partial charge on any atom is 0.293 e. The third kappa shape index (κ3) is 4.71. The van der Waals surface area contributed by atoms with Crippen LogP contribution in [0.25, 0.3) is 6.08 Å². The second-order valence-electron chi connectivity index (χ2n) is 5.87. The zero-order valence-corrected chi connectivity index (χ0v) is 16.3. The molecule has 0 atom stereocenters. The third-order valence-corrected chi connectivity index (χ3v) is 5.05. The van der Waals surface area contributed by atoms with Crippen molar-refractivity contribution in [2.45, 2.75) is 0 Å². The van der Waals surface area contributed by atoms with E-state index in [-0.39, 0.29) is 17.2 Å². The van der Waals surface area contributed by atoms with Crippen LogP contribution in [0.4, 0.5) is 4.79 Å². The van der Waals surface area contributed by atoms with E-state index in [2.05, 4.69) is 6.58 Å². The van der Waals surface area contributed by atoms with Crippen LogP contribution in [0.3, 0.4) is 0 Å². The van der Waals surface area contributed by atoms with Crippen LogP contribution in [-0.2, 0) is 4.79 Å². The summed E-state index contributed by atoms with van der Waals surface area (Å²) >= 11 is 6.63. The van der Waals surface area contributed by atoms with Gasteiger partial charge >= 0.3 is 0 Å². The molecule has 0 radical (unpaired) electrons. The maximum absolute atomic E-state index is 12.6. The summed E-state index contributed by atoms with van der Waals surface area (Å²) in [6.07, 6.45) is 3.27. The van der Waals surface area contributed by atoms with Gasteiger partial charge in [-0.2, -0.15) is 0 Å². The summed E-state index contributed by atoms with van der Waals surface area (Å²) in [6.45, 7) is 3.68. The van der Waals surface area contributed by atoms with E-state index in [4.69, 9.17) is 16.3 Å². The Morgan fingerprint density at radius 2 is 1.79 bits per heavy atom. The van der Waals surface area contributed by atoms with Crippen LogP contribution in [0.2, 0.25) is 5.02 Å². The highest BCUT2D eigenvalue weighted by Gasteiger charge is 2.36. The van der Waals surface area contributed by atoms with E-state index in [0.717, 1.165) is 22.2 Å². The standard InChI is InChI=1S/C21H16ClNO4S/c1-2-11-27-17-9-3-14(4-10-17)12-19-20(25)23(21(26)28-19)13-18(24)15-5-7-16(22)8-6-15/h2-10,12H,1,11,13H2/b19-12-. The van der Waals surface area contributed by atoms with Crippen molar-refractivity contribution >= 4 is 46.4 Å². The minimum Gasteiger partial charge on any atom is -0.490 e. The van der Waals surface area contributed by atoms with Gasteiger partial charge in [-0.25, -0.2) is 0 Å². The van der Waals surface area contributed by atoms with Gasteiger partial charge < -0.3 is 4.74 Å². The van der Waals surface area contributed by atoms with Gasteiger partial charge in [-0.3, -0.25) is 19.3 Å². The molecule has 1 aliphatic heterocycles. The average molecular weight is 414 g/mol. The van der Waals surface area contributed by atoms with Crippen LogP contribution in [0, 0.1) is 0 Å². The van der Waals surface area contributed by atoms with Crippen LogP contribution in [0.1, 0.15) is 15.9 Å². The van der Waals surface area contributed by atoms with Crippen molar-refractivity contribution in [1.82, 2.24) is 4.90 Å². The fourth-order valence-corrected chi connectivity index (χ4v) is 3.44. The van der Waals surface area contributed by atoms with Crippen molar-refractivity contribution in [1.29, 1.82) is 0 Å². The molecule has 2 aromatic carbocycles. The van der Waals surface area contributed by atoms with Gasteiger partial charge in [0.05, 0.1) is 11.4 Å². The van der Waals surface area contributed by atoms with Crippen molar-refractivity contribution in [2.24, 2.45) is 0 Å². The number of carbonyl (C=O) groups is 3.